The van der Waals surface area contributed by atoms with E-state index >= 15 is 0 Å². The van der Waals surface area contributed by atoms with Gasteiger partial charge in [0.15, 0.2) is 0 Å². The molecule has 0 amide bonds. The van der Waals surface area contributed by atoms with Crippen LogP contribution in [-0.2, 0) is 9.47 Å². The highest BCUT2D eigenvalue weighted by molar-refractivity contribution is 4.93. The molecule has 2 aliphatic heterocycles. The zero-order chi connectivity index (χ0) is 13.7. The fraction of sp³-hybridized carbons (Fsp3) is 1.00. The Morgan fingerprint density at radius 1 is 1.32 bits per heavy atom. The van der Waals surface area contributed by atoms with Crippen molar-refractivity contribution in [1.82, 2.24) is 0 Å². The maximum absolute atomic E-state index is 10.7. The van der Waals surface area contributed by atoms with Gasteiger partial charge in [-0.15, -0.1) is 0 Å². The van der Waals surface area contributed by atoms with E-state index in [0.29, 0.717) is 11.8 Å². The van der Waals surface area contributed by atoms with Crippen molar-refractivity contribution in [3.63, 3.8) is 0 Å². The molecular weight excluding hydrogens is 240 g/mol. The molecule has 4 atom stereocenters. The number of aliphatic hydroxyl groups is 1. The molecule has 2 fully saturated rings. The van der Waals surface area contributed by atoms with Crippen molar-refractivity contribution in [2.75, 3.05) is 19.8 Å². The first-order valence-electron chi connectivity index (χ1n) is 8.10. The summed E-state index contributed by atoms with van der Waals surface area (Å²) in [5, 5.41) is 10.7. The van der Waals surface area contributed by atoms with E-state index < -0.39 is 0 Å². The van der Waals surface area contributed by atoms with Crippen LogP contribution in [0.15, 0.2) is 0 Å². The van der Waals surface area contributed by atoms with Gasteiger partial charge in [0.1, 0.15) is 0 Å². The molecule has 1 spiro atoms. The Balaban J connectivity index is 1.91. The summed E-state index contributed by atoms with van der Waals surface area (Å²) in [6.07, 6.45) is 7.53. The van der Waals surface area contributed by atoms with Gasteiger partial charge in [-0.2, -0.15) is 0 Å². The molecule has 4 unspecified atom stereocenters. The maximum Gasteiger partial charge on any atom is 0.0940 e. The Bertz CT molecular complexity index is 261. The van der Waals surface area contributed by atoms with E-state index in [1.54, 1.807) is 0 Å². The van der Waals surface area contributed by atoms with E-state index in [0.717, 1.165) is 51.9 Å². The van der Waals surface area contributed by atoms with Gasteiger partial charge in [0.05, 0.1) is 18.3 Å². The summed E-state index contributed by atoms with van der Waals surface area (Å²) in [5.74, 6) is 0.861. The third-order valence-electron chi connectivity index (χ3n) is 5.02. The van der Waals surface area contributed by atoms with Crippen molar-refractivity contribution in [2.45, 2.75) is 70.5 Å². The summed E-state index contributed by atoms with van der Waals surface area (Å²) >= 11 is 0. The molecule has 19 heavy (non-hydrogen) atoms. The van der Waals surface area contributed by atoms with Gasteiger partial charge in [0.25, 0.3) is 0 Å². The van der Waals surface area contributed by atoms with Crippen LogP contribution in [0.25, 0.3) is 0 Å². The second-order valence-corrected chi connectivity index (χ2v) is 6.39. The molecule has 112 valence electrons. The van der Waals surface area contributed by atoms with Gasteiger partial charge >= 0.3 is 0 Å². The van der Waals surface area contributed by atoms with E-state index in [2.05, 4.69) is 13.8 Å². The fourth-order valence-electron chi connectivity index (χ4n) is 3.69. The zero-order valence-corrected chi connectivity index (χ0v) is 12.6. The number of unbranched alkanes of at least 4 members (excludes halogenated alkanes) is 1. The van der Waals surface area contributed by atoms with E-state index in [9.17, 15) is 5.11 Å². The van der Waals surface area contributed by atoms with Crippen LogP contribution < -0.4 is 0 Å². The highest BCUT2D eigenvalue weighted by Crippen LogP contribution is 2.39. The second kappa shape index (κ2) is 7.05. The molecule has 0 bridgehead atoms. The molecule has 0 aromatic rings. The van der Waals surface area contributed by atoms with Crippen LogP contribution >= 0.6 is 0 Å². The summed E-state index contributed by atoms with van der Waals surface area (Å²) in [4.78, 5) is 0. The molecule has 0 saturated carbocycles. The summed E-state index contributed by atoms with van der Waals surface area (Å²) in [6, 6.07) is 0. The average Bonchev–Trinajstić information content (AvgIpc) is 2.87. The summed E-state index contributed by atoms with van der Waals surface area (Å²) in [7, 11) is 0. The van der Waals surface area contributed by atoms with Crippen molar-refractivity contribution < 1.29 is 14.6 Å². The highest BCUT2D eigenvalue weighted by atomic mass is 16.6. The monoisotopic (exact) mass is 270 g/mol. The smallest absolute Gasteiger partial charge is 0.0940 e. The molecule has 0 radical (unpaired) electrons. The van der Waals surface area contributed by atoms with E-state index in [1.165, 1.54) is 12.8 Å². The SMILES string of the molecule is CCCCC(CC)C(O)C1CCOC2(CCOC2)C1. The summed E-state index contributed by atoms with van der Waals surface area (Å²) in [5.41, 5.74) is -0.0764. The first kappa shape index (κ1) is 15.3. The lowest BCUT2D eigenvalue weighted by Gasteiger charge is -2.40. The number of hydrogen-bond donors (Lipinski definition) is 1. The quantitative estimate of drug-likeness (QED) is 0.806. The van der Waals surface area contributed by atoms with Crippen LogP contribution in [0.4, 0.5) is 0 Å². The first-order chi connectivity index (χ1) is 9.21. The average molecular weight is 270 g/mol. The molecule has 2 heterocycles. The topological polar surface area (TPSA) is 38.7 Å². The van der Waals surface area contributed by atoms with Crippen molar-refractivity contribution in [1.29, 1.82) is 0 Å². The van der Waals surface area contributed by atoms with Gasteiger partial charge in [-0.3, -0.25) is 0 Å². The Kier molecular flexibility index (Phi) is 5.67. The Morgan fingerprint density at radius 2 is 2.16 bits per heavy atom. The van der Waals surface area contributed by atoms with Crippen LogP contribution in [0.3, 0.4) is 0 Å². The lowest BCUT2D eigenvalue weighted by atomic mass is 9.76. The van der Waals surface area contributed by atoms with Gasteiger partial charge in [-0.1, -0.05) is 33.1 Å². The first-order valence-corrected chi connectivity index (χ1v) is 8.10. The number of aliphatic hydroxyl groups excluding tert-OH is 1. The zero-order valence-electron chi connectivity index (χ0n) is 12.6. The van der Waals surface area contributed by atoms with Gasteiger partial charge in [-0.25, -0.2) is 0 Å². The summed E-state index contributed by atoms with van der Waals surface area (Å²) < 4.78 is 11.5. The molecule has 0 aromatic heterocycles. The minimum absolute atomic E-state index is 0.0764. The van der Waals surface area contributed by atoms with Gasteiger partial charge in [0.2, 0.25) is 0 Å². The number of rotatable bonds is 6. The minimum atomic E-state index is -0.155. The molecule has 2 saturated heterocycles. The summed E-state index contributed by atoms with van der Waals surface area (Å²) in [6.45, 7) is 6.75. The lowest BCUT2D eigenvalue weighted by Crippen LogP contribution is -2.45. The maximum atomic E-state index is 10.7. The molecule has 1 N–H and O–H groups in total. The van der Waals surface area contributed by atoms with Crippen molar-refractivity contribution in [3.8, 4) is 0 Å². The Hall–Kier alpha value is -0.120. The molecule has 0 aromatic carbocycles. The Morgan fingerprint density at radius 3 is 2.79 bits per heavy atom. The van der Waals surface area contributed by atoms with Gasteiger partial charge in [0, 0.05) is 19.6 Å². The minimum Gasteiger partial charge on any atom is -0.393 e. The van der Waals surface area contributed by atoms with Crippen molar-refractivity contribution in [2.24, 2.45) is 11.8 Å². The third kappa shape index (κ3) is 3.71. The number of ether oxygens (including phenoxy) is 2. The fourth-order valence-corrected chi connectivity index (χ4v) is 3.69. The van der Waals surface area contributed by atoms with Crippen molar-refractivity contribution >= 4 is 0 Å². The van der Waals surface area contributed by atoms with E-state index in [-0.39, 0.29) is 11.7 Å². The second-order valence-electron chi connectivity index (χ2n) is 6.39. The lowest BCUT2D eigenvalue weighted by molar-refractivity contribution is -0.123. The molecule has 3 heteroatoms. The highest BCUT2D eigenvalue weighted by Gasteiger charge is 2.43. The van der Waals surface area contributed by atoms with Crippen molar-refractivity contribution in [3.05, 3.63) is 0 Å². The van der Waals surface area contributed by atoms with Crippen LogP contribution in [0.1, 0.15) is 58.8 Å². The number of hydrogen-bond acceptors (Lipinski definition) is 3. The normalized spacial score (nSPS) is 34.6. The Labute approximate surface area is 117 Å². The standard InChI is InChI=1S/C16H30O3/c1-3-5-6-13(4-2)15(17)14-7-9-19-16(11-14)8-10-18-12-16/h13-15,17H,3-12H2,1-2H3. The predicted octanol–water partition coefficient (Wildman–Crippen LogP) is 3.15. The molecular formula is C16H30O3. The van der Waals surface area contributed by atoms with E-state index in [1.807, 2.05) is 0 Å². The molecule has 3 nitrogen and oxygen atoms in total. The molecule has 0 aliphatic carbocycles. The molecule has 2 rings (SSSR count). The van der Waals surface area contributed by atoms with E-state index in [4.69, 9.17) is 9.47 Å². The molecule has 2 aliphatic rings. The predicted molar refractivity (Wildman–Crippen MR) is 76.2 cm³/mol. The van der Waals surface area contributed by atoms with Crippen LogP contribution in [0.2, 0.25) is 0 Å². The van der Waals surface area contributed by atoms with Crippen LogP contribution in [0.5, 0.6) is 0 Å². The van der Waals surface area contributed by atoms with Gasteiger partial charge in [-0.05, 0) is 31.1 Å². The largest absolute Gasteiger partial charge is 0.393 e. The third-order valence-corrected chi connectivity index (χ3v) is 5.02. The van der Waals surface area contributed by atoms with Crippen LogP contribution in [-0.4, -0.2) is 36.6 Å². The van der Waals surface area contributed by atoms with Gasteiger partial charge < -0.3 is 14.6 Å². The van der Waals surface area contributed by atoms with Crippen LogP contribution in [0, 0.1) is 11.8 Å².